The Kier molecular flexibility index (Phi) is 9.70. The minimum Gasteiger partial charge on any atom is -0.376 e. The van der Waals surface area contributed by atoms with Crippen molar-refractivity contribution in [3.8, 4) is 44.5 Å². The number of nitrogens with zero attached hydrogens (tertiary/aromatic N) is 2. The van der Waals surface area contributed by atoms with Crippen molar-refractivity contribution >= 4 is 107 Å². The van der Waals surface area contributed by atoms with E-state index in [1.807, 2.05) is 30.3 Å². The van der Waals surface area contributed by atoms with Crippen molar-refractivity contribution < 1.29 is 5.11 Å². The standard InChI is InChI=1S/C32H21Br2NO.C32H19Br2N/c1-35-28-14-8-6-12-23(28)30-29-22-16-15-20(33)17-25(22)32(36,26(29)18-27(34)31(30)35)24-13-7-5-11-21(24)19-9-3-2-4-10-19;1-35-28-13-7-4-10-22(28)30-29-21-15-14-18(33)16-25(21)32(26(29)17-27(34)31(30)35)23-11-5-2-8-19(23)20-9-3-6-12-24(20)32/h2-18,36H,1H3;2-17H,1H3. The maximum absolute atomic E-state index is 12.9. The SMILES string of the molecule is Cn1c2ccccc2c2c3c(cc(Br)c21)C(O)(c1ccccc1-c1ccccc1)c1cc(Br)ccc1-3.Cn1c2ccccc2c2c3c(cc(Br)c21)C1(c2ccccc2-c2ccccc21)c1cc(Br)ccc1-3. The van der Waals surface area contributed by atoms with Crippen molar-refractivity contribution in [3.05, 3.63) is 257 Å². The monoisotopic (exact) mass is 1170 g/mol. The van der Waals surface area contributed by atoms with Crippen LogP contribution in [0, 0.1) is 0 Å². The summed E-state index contributed by atoms with van der Waals surface area (Å²) in [6.45, 7) is 0. The number of rotatable bonds is 2. The van der Waals surface area contributed by atoms with Gasteiger partial charge in [-0.1, -0.05) is 184 Å². The minimum atomic E-state index is -1.32. The second-order valence-electron chi connectivity index (χ2n) is 19.0. The highest BCUT2D eigenvalue weighted by atomic mass is 79.9. The van der Waals surface area contributed by atoms with Crippen LogP contribution < -0.4 is 0 Å². The largest absolute Gasteiger partial charge is 0.376 e. The first-order valence-electron chi connectivity index (χ1n) is 23.7. The van der Waals surface area contributed by atoms with Crippen LogP contribution in [0.3, 0.4) is 0 Å². The van der Waals surface area contributed by atoms with Crippen molar-refractivity contribution in [2.24, 2.45) is 14.1 Å². The van der Waals surface area contributed by atoms with Crippen LogP contribution in [0.25, 0.3) is 88.1 Å². The van der Waals surface area contributed by atoms with E-state index in [-0.39, 0.29) is 5.41 Å². The fraction of sp³-hybridized carbons (Fsp3) is 0.0625. The molecule has 1 unspecified atom stereocenters. The molecule has 2 aromatic heterocycles. The molecule has 15 rings (SSSR count). The van der Waals surface area contributed by atoms with E-state index in [4.69, 9.17) is 0 Å². The molecule has 0 bridgehead atoms. The van der Waals surface area contributed by atoms with Gasteiger partial charge in [0.05, 0.1) is 16.4 Å². The molecule has 0 fully saturated rings. The van der Waals surface area contributed by atoms with E-state index in [2.05, 4.69) is 257 Å². The Labute approximate surface area is 444 Å². The third-order valence-electron chi connectivity index (χ3n) is 15.7. The summed E-state index contributed by atoms with van der Waals surface area (Å²) in [5, 5.41) is 17.9. The maximum atomic E-state index is 12.9. The molecule has 340 valence electrons. The number of para-hydroxylation sites is 2. The van der Waals surface area contributed by atoms with Gasteiger partial charge in [0.15, 0.2) is 0 Å². The normalized spacial score (nSPS) is 15.4. The van der Waals surface area contributed by atoms with E-state index in [9.17, 15) is 5.11 Å². The second kappa shape index (κ2) is 15.8. The molecule has 3 aliphatic carbocycles. The molecule has 0 saturated carbocycles. The van der Waals surface area contributed by atoms with Crippen molar-refractivity contribution in [2.45, 2.75) is 11.0 Å². The lowest BCUT2D eigenvalue weighted by Crippen LogP contribution is -2.27. The van der Waals surface area contributed by atoms with E-state index in [0.717, 1.165) is 67.7 Å². The Morgan fingerprint density at radius 2 is 0.803 bits per heavy atom. The molecule has 3 aliphatic rings. The quantitative estimate of drug-likeness (QED) is 0.184. The fourth-order valence-corrected chi connectivity index (χ4v) is 15.0. The van der Waals surface area contributed by atoms with Crippen molar-refractivity contribution in [2.75, 3.05) is 0 Å². The molecule has 1 spiro atoms. The van der Waals surface area contributed by atoms with Crippen LogP contribution in [0.4, 0.5) is 0 Å². The number of halogens is 4. The van der Waals surface area contributed by atoms with Gasteiger partial charge in [-0.25, -0.2) is 0 Å². The molecule has 10 aromatic carbocycles. The number of aryl methyl sites for hydroxylation is 2. The zero-order chi connectivity index (χ0) is 48.1. The van der Waals surface area contributed by atoms with Gasteiger partial charge in [-0.3, -0.25) is 0 Å². The highest BCUT2D eigenvalue weighted by Crippen LogP contribution is 2.65. The summed E-state index contributed by atoms with van der Waals surface area (Å²) >= 11 is 15.4. The molecule has 0 radical (unpaired) electrons. The van der Waals surface area contributed by atoms with Gasteiger partial charge in [0, 0.05) is 81.3 Å². The molecule has 1 atom stereocenters. The van der Waals surface area contributed by atoms with Gasteiger partial charge in [0.1, 0.15) is 5.60 Å². The number of aromatic nitrogens is 2. The van der Waals surface area contributed by atoms with Crippen LogP contribution >= 0.6 is 63.7 Å². The number of fused-ring (bicyclic) bond motifs is 21. The maximum Gasteiger partial charge on any atom is 0.142 e. The van der Waals surface area contributed by atoms with Gasteiger partial charge >= 0.3 is 0 Å². The van der Waals surface area contributed by atoms with Gasteiger partial charge in [0.2, 0.25) is 0 Å². The van der Waals surface area contributed by atoms with Gasteiger partial charge in [-0.15, -0.1) is 0 Å². The Morgan fingerprint density at radius 3 is 1.38 bits per heavy atom. The minimum absolute atomic E-state index is 0.352. The first kappa shape index (κ1) is 43.5. The summed E-state index contributed by atoms with van der Waals surface area (Å²) in [7, 11) is 4.28. The van der Waals surface area contributed by atoms with Crippen molar-refractivity contribution in [1.29, 1.82) is 0 Å². The van der Waals surface area contributed by atoms with E-state index >= 15 is 0 Å². The van der Waals surface area contributed by atoms with E-state index in [1.165, 1.54) is 77.2 Å². The molecular weight excluding hydrogens is 1130 g/mol. The zero-order valence-electron chi connectivity index (χ0n) is 38.4. The molecule has 0 aliphatic heterocycles. The summed E-state index contributed by atoms with van der Waals surface area (Å²) in [4.78, 5) is 0. The van der Waals surface area contributed by atoms with Crippen molar-refractivity contribution in [3.63, 3.8) is 0 Å². The molecule has 1 N–H and O–H groups in total. The molecule has 3 nitrogen and oxygen atoms in total. The van der Waals surface area contributed by atoms with Crippen LogP contribution in [0.5, 0.6) is 0 Å². The highest BCUT2D eigenvalue weighted by molar-refractivity contribution is 9.11. The molecule has 0 amide bonds. The molecule has 71 heavy (non-hydrogen) atoms. The van der Waals surface area contributed by atoms with Crippen LogP contribution in [0.1, 0.15) is 38.9 Å². The smallest absolute Gasteiger partial charge is 0.142 e. The third-order valence-corrected chi connectivity index (χ3v) is 17.9. The van der Waals surface area contributed by atoms with Gasteiger partial charge < -0.3 is 14.2 Å². The average Bonchev–Trinajstić information content (AvgIpc) is 4.13. The summed E-state index contributed by atoms with van der Waals surface area (Å²) < 4.78 is 8.73. The van der Waals surface area contributed by atoms with E-state index in [0.29, 0.717) is 0 Å². The number of hydrogen-bond acceptors (Lipinski definition) is 1. The molecular formula is C64H40Br4N2O. The zero-order valence-corrected chi connectivity index (χ0v) is 44.8. The van der Waals surface area contributed by atoms with Gasteiger partial charge in [-0.05, 0) is 147 Å². The summed E-state index contributed by atoms with van der Waals surface area (Å²) in [5.74, 6) is 0. The van der Waals surface area contributed by atoms with Crippen LogP contribution in [-0.4, -0.2) is 14.2 Å². The summed E-state index contributed by atoms with van der Waals surface area (Å²) in [6, 6.07) is 71.3. The van der Waals surface area contributed by atoms with E-state index in [1.54, 1.807) is 0 Å². The molecule has 7 heteroatoms. The summed E-state index contributed by atoms with van der Waals surface area (Å²) in [6.07, 6.45) is 0. The summed E-state index contributed by atoms with van der Waals surface area (Å²) in [5.41, 5.74) is 20.8. The Hall–Kier alpha value is -6.32. The Bertz CT molecular complexity index is 4240. The third kappa shape index (κ3) is 5.78. The fourth-order valence-electron chi connectivity index (χ4n) is 12.9. The first-order chi connectivity index (χ1) is 34.6. The number of hydrogen-bond donors (Lipinski definition) is 1. The van der Waals surface area contributed by atoms with Gasteiger partial charge in [-0.2, -0.15) is 0 Å². The number of aliphatic hydroxyl groups is 1. The molecule has 12 aromatic rings. The number of benzene rings is 10. The topological polar surface area (TPSA) is 30.1 Å². The predicted molar refractivity (Wildman–Crippen MR) is 307 cm³/mol. The first-order valence-corrected chi connectivity index (χ1v) is 26.9. The predicted octanol–water partition coefficient (Wildman–Crippen LogP) is 18.0. The Morgan fingerprint density at radius 1 is 0.366 bits per heavy atom. The molecule has 0 saturated heterocycles. The lowest BCUT2D eigenvalue weighted by atomic mass is 9.70. The van der Waals surface area contributed by atoms with Crippen LogP contribution in [0.15, 0.2) is 218 Å². The highest BCUT2D eigenvalue weighted by Gasteiger charge is 2.53. The Balaban J connectivity index is 0.000000133. The lowest BCUT2D eigenvalue weighted by Gasteiger charge is -2.30. The second-order valence-corrected chi connectivity index (χ2v) is 22.5. The van der Waals surface area contributed by atoms with Crippen LogP contribution in [-0.2, 0) is 25.1 Å². The lowest BCUT2D eigenvalue weighted by molar-refractivity contribution is 0.131. The van der Waals surface area contributed by atoms with Crippen LogP contribution in [0.2, 0.25) is 0 Å². The van der Waals surface area contributed by atoms with Crippen molar-refractivity contribution in [1.82, 2.24) is 9.13 Å². The molecule has 2 heterocycles. The average molecular weight is 1170 g/mol. The van der Waals surface area contributed by atoms with Gasteiger partial charge in [0.25, 0.3) is 0 Å². The van der Waals surface area contributed by atoms with E-state index < -0.39 is 5.60 Å².